The fraction of sp³-hybridized carbons (Fsp3) is 0.545. The quantitative estimate of drug-likeness (QED) is 0.826. The Morgan fingerprint density at radius 3 is 2.81 bits per heavy atom. The number of thiophene rings is 1. The fourth-order valence-electron chi connectivity index (χ4n) is 1.32. The Balaban J connectivity index is 2.41. The molecule has 16 heavy (non-hydrogen) atoms. The van der Waals surface area contributed by atoms with Gasteiger partial charge in [-0.2, -0.15) is 0 Å². The predicted molar refractivity (Wildman–Crippen MR) is 67.0 cm³/mol. The summed E-state index contributed by atoms with van der Waals surface area (Å²) < 4.78 is 0. The van der Waals surface area contributed by atoms with Crippen LogP contribution in [0.2, 0.25) is 0 Å². The van der Waals surface area contributed by atoms with E-state index in [9.17, 15) is 9.90 Å². The molecule has 0 aromatic carbocycles. The molecule has 1 aromatic rings. The molecule has 3 nitrogen and oxygen atoms in total. The third-order valence-electron chi connectivity index (χ3n) is 2.37. The lowest BCUT2D eigenvalue weighted by Gasteiger charge is -2.17. The van der Waals surface area contributed by atoms with Gasteiger partial charge in [0.2, 0.25) is 5.91 Å². The number of amides is 1. The molecule has 0 aliphatic heterocycles. The lowest BCUT2D eigenvalue weighted by Crippen LogP contribution is -2.29. The van der Waals surface area contributed by atoms with Crippen molar-refractivity contribution in [3.8, 4) is 0 Å². The average Bonchev–Trinajstić information content (AvgIpc) is 2.71. The summed E-state index contributed by atoms with van der Waals surface area (Å²) in [6, 6.07) is 3.91. The van der Waals surface area contributed by atoms with Crippen LogP contribution in [0.15, 0.2) is 12.1 Å². The highest BCUT2D eigenvalue weighted by Crippen LogP contribution is 2.24. The predicted octanol–water partition coefficient (Wildman–Crippen LogP) is 2.18. The molecule has 0 saturated heterocycles. The summed E-state index contributed by atoms with van der Waals surface area (Å²) in [5, 5.41) is 9.88. The van der Waals surface area contributed by atoms with Gasteiger partial charge in [-0.15, -0.1) is 22.9 Å². The minimum atomic E-state index is -0.496. The number of rotatable bonds is 5. The van der Waals surface area contributed by atoms with Crippen LogP contribution in [0.1, 0.15) is 22.3 Å². The monoisotopic (exact) mass is 261 g/mol. The molecule has 0 aliphatic carbocycles. The summed E-state index contributed by atoms with van der Waals surface area (Å²) in [6.45, 7) is 2.52. The number of alkyl halides is 1. The first kappa shape index (κ1) is 13.5. The minimum absolute atomic E-state index is 0.00922. The highest BCUT2D eigenvalue weighted by Gasteiger charge is 2.13. The van der Waals surface area contributed by atoms with E-state index in [1.165, 1.54) is 9.78 Å². The first-order valence-corrected chi connectivity index (χ1v) is 6.44. The van der Waals surface area contributed by atoms with E-state index < -0.39 is 6.10 Å². The standard InChI is InChI=1S/C11H16ClNO2S/c1-8-3-4-10(16-8)9(14)5-6-13(2)11(15)7-12/h3-4,9,14H,5-7H2,1-2H3. The maximum Gasteiger partial charge on any atom is 0.237 e. The Kier molecular flexibility index (Phi) is 5.25. The maximum absolute atomic E-state index is 11.2. The zero-order chi connectivity index (χ0) is 12.1. The van der Waals surface area contributed by atoms with E-state index in [-0.39, 0.29) is 11.8 Å². The van der Waals surface area contributed by atoms with Gasteiger partial charge in [0.25, 0.3) is 0 Å². The second kappa shape index (κ2) is 6.23. The third kappa shape index (κ3) is 3.77. The molecule has 5 heteroatoms. The van der Waals surface area contributed by atoms with Crippen molar-refractivity contribution in [2.75, 3.05) is 19.5 Å². The van der Waals surface area contributed by atoms with E-state index in [1.54, 1.807) is 18.4 Å². The number of aryl methyl sites for hydroxylation is 1. The molecule has 1 aromatic heterocycles. The van der Waals surface area contributed by atoms with Crippen LogP contribution in [0, 0.1) is 6.92 Å². The van der Waals surface area contributed by atoms with Crippen LogP contribution in [0.5, 0.6) is 0 Å². The van der Waals surface area contributed by atoms with Crippen molar-refractivity contribution in [3.05, 3.63) is 21.9 Å². The molecular formula is C11H16ClNO2S. The zero-order valence-electron chi connectivity index (χ0n) is 9.44. The van der Waals surface area contributed by atoms with Crippen molar-refractivity contribution in [1.29, 1.82) is 0 Å². The highest BCUT2D eigenvalue weighted by molar-refractivity contribution is 7.12. The Bertz CT molecular complexity index is 354. The minimum Gasteiger partial charge on any atom is -0.388 e. The van der Waals surface area contributed by atoms with Gasteiger partial charge in [0.1, 0.15) is 5.88 Å². The van der Waals surface area contributed by atoms with Gasteiger partial charge in [0.15, 0.2) is 0 Å². The van der Waals surface area contributed by atoms with Crippen molar-refractivity contribution in [2.45, 2.75) is 19.4 Å². The normalized spacial score (nSPS) is 12.5. The van der Waals surface area contributed by atoms with Crippen molar-refractivity contribution in [1.82, 2.24) is 4.90 Å². The molecule has 1 unspecified atom stereocenters. The van der Waals surface area contributed by atoms with Crippen LogP contribution < -0.4 is 0 Å². The van der Waals surface area contributed by atoms with Crippen LogP contribution in [0.25, 0.3) is 0 Å². The Morgan fingerprint density at radius 1 is 1.62 bits per heavy atom. The Hall–Kier alpha value is -0.580. The van der Waals surface area contributed by atoms with E-state index in [4.69, 9.17) is 11.6 Å². The molecular weight excluding hydrogens is 246 g/mol. The largest absolute Gasteiger partial charge is 0.388 e. The average molecular weight is 262 g/mol. The number of hydrogen-bond donors (Lipinski definition) is 1. The third-order valence-corrected chi connectivity index (χ3v) is 3.70. The van der Waals surface area contributed by atoms with Gasteiger partial charge >= 0.3 is 0 Å². The molecule has 0 saturated carbocycles. The number of aliphatic hydroxyl groups excluding tert-OH is 1. The molecule has 0 aliphatic rings. The first-order chi connectivity index (χ1) is 7.54. The van der Waals surface area contributed by atoms with Crippen molar-refractivity contribution in [3.63, 3.8) is 0 Å². The summed E-state index contributed by atoms with van der Waals surface area (Å²) in [5.41, 5.74) is 0. The molecule has 1 heterocycles. The van der Waals surface area contributed by atoms with Gasteiger partial charge in [-0.1, -0.05) is 0 Å². The van der Waals surface area contributed by atoms with Gasteiger partial charge < -0.3 is 10.0 Å². The number of halogens is 1. The fourth-order valence-corrected chi connectivity index (χ4v) is 2.42. The van der Waals surface area contributed by atoms with Gasteiger partial charge in [-0.05, 0) is 25.5 Å². The summed E-state index contributed by atoms with van der Waals surface area (Å²) in [6.07, 6.45) is 0.0447. The topological polar surface area (TPSA) is 40.5 Å². The maximum atomic E-state index is 11.2. The van der Waals surface area contributed by atoms with E-state index in [0.29, 0.717) is 13.0 Å². The molecule has 0 radical (unpaired) electrons. The number of carbonyl (C=O) groups is 1. The number of aliphatic hydroxyl groups is 1. The van der Waals surface area contributed by atoms with Crippen molar-refractivity contribution >= 4 is 28.8 Å². The zero-order valence-corrected chi connectivity index (χ0v) is 11.0. The molecule has 90 valence electrons. The van der Waals surface area contributed by atoms with Gasteiger partial charge in [0.05, 0.1) is 6.10 Å². The smallest absolute Gasteiger partial charge is 0.237 e. The van der Waals surface area contributed by atoms with Crippen LogP contribution in [-0.4, -0.2) is 35.4 Å². The highest BCUT2D eigenvalue weighted by atomic mass is 35.5. The lowest BCUT2D eigenvalue weighted by atomic mass is 10.2. The molecule has 0 bridgehead atoms. The molecule has 1 rings (SSSR count). The summed E-state index contributed by atoms with van der Waals surface area (Å²) >= 11 is 7.01. The van der Waals surface area contributed by atoms with Crippen molar-refractivity contribution in [2.24, 2.45) is 0 Å². The van der Waals surface area contributed by atoms with Gasteiger partial charge in [-0.3, -0.25) is 4.79 Å². The van der Waals surface area contributed by atoms with Crippen LogP contribution in [0.3, 0.4) is 0 Å². The van der Waals surface area contributed by atoms with Crippen LogP contribution in [0.4, 0.5) is 0 Å². The summed E-state index contributed by atoms with van der Waals surface area (Å²) in [7, 11) is 1.69. The van der Waals surface area contributed by atoms with Crippen LogP contribution in [-0.2, 0) is 4.79 Å². The molecule has 0 spiro atoms. The van der Waals surface area contributed by atoms with Crippen LogP contribution >= 0.6 is 22.9 Å². The number of nitrogens with zero attached hydrogens (tertiary/aromatic N) is 1. The molecule has 1 amide bonds. The van der Waals surface area contributed by atoms with Gasteiger partial charge in [0, 0.05) is 23.3 Å². The molecule has 0 fully saturated rings. The summed E-state index contributed by atoms with van der Waals surface area (Å²) in [4.78, 5) is 14.8. The Morgan fingerprint density at radius 2 is 2.31 bits per heavy atom. The molecule has 1 atom stereocenters. The van der Waals surface area contributed by atoms with E-state index in [1.807, 2.05) is 19.1 Å². The second-order valence-corrected chi connectivity index (χ2v) is 5.29. The lowest BCUT2D eigenvalue weighted by molar-refractivity contribution is -0.127. The van der Waals surface area contributed by atoms with Crippen molar-refractivity contribution < 1.29 is 9.90 Å². The van der Waals surface area contributed by atoms with Gasteiger partial charge in [-0.25, -0.2) is 0 Å². The van der Waals surface area contributed by atoms with E-state index in [0.717, 1.165) is 4.88 Å². The second-order valence-electron chi connectivity index (χ2n) is 3.70. The van der Waals surface area contributed by atoms with E-state index >= 15 is 0 Å². The van der Waals surface area contributed by atoms with E-state index in [2.05, 4.69) is 0 Å². The summed E-state index contributed by atoms with van der Waals surface area (Å²) in [5.74, 6) is -0.124. The Labute approximate surface area is 105 Å². The first-order valence-electron chi connectivity index (χ1n) is 5.09. The SMILES string of the molecule is Cc1ccc(C(O)CCN(C)C(=O)CCl)s1. The number of carbonyl (C=O) groups excluding carboxylic acids is 1. The molecule has 1 N–H and O–H groups in total. The number of hydrogen-bond acceptors (Lipinski definition) is 3.